The second kappa shape index (κ2) is 8.88. The van der Waals surface area contributed by atoms with Gasteiger partial charge in [-0.3, -0.25) is 0 Å². The molecule has 33 heavy (non-hydrogen) atoms. The van der Waals surface area contributed by atoms with E-state index in [0.29, 0.717) is 18.1 Å². The molecule has 0 spiro atoms. The number of benzene rings is 1. The zero-order valence-electron chi connectivity index (χ0n) is 18.2. The highest BCUT2D eigenvalue weighted by Crippen LogP contribution is 2.51. The minimum absolute atomic E-state index is 0.0106. The highest BCUT2D eigenvalue weighted by molar-refractivity contribution is 5.49. The van der Waals surface area contributed by atoms with Gasteiger partial charge < -0.3 is 48.8 Å². The zero-order chi connectivity index (χ0) is 23.3. The maximum absolute atomic E-state index is 10.2. The summed E-state index contributed by atoms with van der Waals surface area (Å²) < 4.78 is 34.4. The van der Waals surface area contributed by atoms with Gasteiger partial charge in [0.1, 0.15) is 60.0 Å². The molecule has 3 heterocycles. The lowest BCUT2D eigenvalue weighted by Gasteiger charge is -2.39. The maximum atomic E-state index is 10.2. The van der Waals surface area contributed by atoms with Crippen molar-refractivity contribution in [1.82, 2.24) is 0 Å². The van der Waals surface area contributed by atoms with Gasteiger partial charge in [0.25, 0.3) is 0 Å². The minimum Gasteiger partial charge on any atom is -0.492 e. The van der Waals surface area contributed by atoms with Crippen LogP contribution in [-0.4, -0.2) is 90.8 Å². The fourth-order valence-corrected chi connectivity index (χ4v) is 4.78. The van der Waals surface area contributed by atoms with Gasteiger partial charge in [0.2, 0.25) is 6.29 Å². The van der Waals surface area contributed by atoms with Crippen LogP contribution in [0.5, 0.6) is 11.5 Å². The Morgan fingerprint density at radius 1 is 1.00 bits per heavy atom. The molecule has 4 N–H and O–H groups in total. The van der Waals surface area contributed by atoms with Crippen molar-refractivity contribution in [1.29, 1.82) is 0 Å². The number of ether oxygens (including phenoxy) is 6. The van der Waals surface area contributed by atoms with Crippen LogP contribution in [0.15, 0.2) is 41.7 Å². The topological polar surface area (TPSA) is 136 Å². The van der Waals surface area contributed by atoms with Crippen LogP contribution in [0.25, 0.3) is 0 Å². The van der Waals surface area contributed by atoms with Crippen molar-refractivity contribution >= 4 is 0 Å². The predicted octanol–water partition coefficient (Wildman–Crippen LogP) is -0.201. The molecule has 4 unspecified atom stereocenters. The first-order chi connectivity index (χ1) is 15.9. The smallest absolute Gasteiger partial charge is 0.229 e. The van der Waals surface area contributed by atoms with Crippen LogP contribution in [0.1, 0.15) is 11.7 Å². The third kappa shape index (κ3) is 3.81. The number of methoxy groups -OCH3 is 2. The summed E-state index contributed by atoms with van der Waals surface area (Å²) in [5, 5.41) is 39.5. The lowest BCUT2D eigenvalue weighted by molar-refractivity contribution is -0.277. The van der Waals surface area contributed by atoms with E-state index in [1.165, 1.54) is 0 Å². The van der Waals surface area contributed by atoms with Crippen LogP contribution < -0.4 is 9.47 Å². The van der Waals surface area contributed by atoms with E-state index in [1.807, 2.05) is 18.2 Å². The normalized spacial score (nSPS) is 39.3. The Labute approximate surface area is 190 Å². The molecule has 10 nitrogen and oxygen atoms in total. The standard InChI is InChI=1S/C23H28O10/c1-28-16-6-12-13-9-30-14-5-10(31-23-21(27)20(26)19(25)18(8-24)33-23)3-4-11(14)22(13)32-15(12)7-17(16)29-2/h3-7,13,16-27H,8-9H2,1-2H3/t13?,16?,17?,18-,19-,20+,21-,22?,23-/m1/s1. The summed E-state index contributed by atoms with van der Waals surface area (Å²) in [6.07, 6.45) is -3.49. The molecule has 0 amide bonds. The number of rotatable bonds is 5. The van der Waals surface area contributed by atoms with Gasteiger partial charge in [0.05, 0.1) is 19.1 Å². The number of aliphatic hydroxyl groups excluding tert-OH is 4. The van der Waals surface area contributed by atoms with Crippen molar-refractivity contribution in [2.24, 2.45) is 5.92 Å². The quantitative estimate of drug-likeness (QED) is 0.464. The summed E-state index contributed by atoms with van der Waals surface area (Å²) in [7, 11) is 3.27. The van der Waals surface area contributed by atoms with E-state index in [1.54, 1.807) is 26.4 Å². The molecule has 1 aromatic carbocycles. The van der Waals surface area contributed by atoms with Gasteiger partial charge in [-0.15, -0.1) is 0 Å². The van der Waals surface area contributed by atoms with Crippen molar-refractivity contribution in [2.75, 3.05) is 27.4 Å². The van der Waals surface area contributed by atoms with Crippen molar-refractivity contribution in [3.8, 4) is 11.5 Å². The average Bonchev–Trinajstić information content (AvgIpc) is 3.21. The van der Waals surface area contributed by atoms with E-state index in [9.17, 15) is 20.4 Å². The summed E-state index contributed by atoms with van der Waals surface area (Å²) in [5.41, 5.74) is 1.89. The molecule has 0 aromatic heterocycles. The lowest BCUT2D eigenvalue weighted by atomic mass is 9.86. The third-order valence-corrected chi connectivity index (χ3v) is 6.64. The minimum atomic E-state index is -1.51. The van der Waals surface area contributed by atoms with Crippen molar-refractivity contribution in [3.63, 3.8) is 0 Å². The molecule has 0 saturated carbocycles. The highest BCUT2D eigenvalue weighted by Gasteiger charge is 2.47. The van der Waals surface area contributed by atoms with Crippen LogP contribution >= 0.6 is 0 Å². The zero-order valence-corrected chi connectivity index (χ0v) is 18.2. The van der Waals surface area contributed by atoms with Gasteiger partial charge in [0, 0.05) is 31.4 Å². The molecule has 9 atom stereocenters. The van der Waals surface area contributed by atoms with Crippen LogP contribution in [0.2, 0.25) is 0 Å². The summed E-state index contributed by atoms with van der Waals surface area (Å²) in [4.78, 5) is 0. The first kappa shape index (κ1) is 22.6. The Kier molecular flexibility index (Phi) is 6.08. The number of aliphatic hydroxyl groups is 4. The summed E-state index contributed by atoms with van der Waals surface area (Å²) in [6.45, 7) is -0.128. The molecular formula is C23H28O10. The fraction of sp³-hybridized carbons (Fsp3) is 0.565. The van der Waals surface area contributed by atoms with Gasteiger partial charge in [-0.05, 0) is 24.3 Å². The van der Waals surface area contributed by atoms with Gasteiger partial charge >= 0.3 is 0 Å². The Bertz CT molecular complexity index is 943. The van der Waals surface area contributed by atoms with Gasteiger partial charge in [-0.25, -0.2) is 0 Å². The summed E-state index contributed by atoms with van der Waals surface area (Å²) in [5.74, 6) is 1.69. The number of fused-ring (bicyclic) bond motifs is 5. The van der Waals surface area contributed by atoms with Crippen LogP contribution in [0.3, 0.4) is 0 Å². The lowest BCUT2D eigenvalue weighted by Crippen LogP contribution is -2.60. The Balaban J connectivity index is 1.36. The van der Waals surface area contributed by atoms with E-state index < -0.39 is 37.3 Å². The van der Waals surface area contributed by atoms with Crippen molar-refractivity contribution in [3.05, 3.63) is 47.2 Å². The fourth-order valence-electron chi connectivity index (χ4n) is 4.78. The van der Waals surface area contributed by atoms with E-state index in [2.05, 4.69) is 0 Å². The predicted molar refractivity (Wildman–Crippen MR) is 111 cm³/mol. The molecule has 3 aliphatic heterocycles. The Morgan fingerprint density at radius 3 is 2.48 bits per heavy atom. The molecule has 2 saturated heterocycles. The van der Waals surface area contributed by atoms with Crippen LogP contribution in [0.4, 0.5) is 0 Å². The second-order valence-electron chi connectivity index (χ2n) is 8.52. The molecule has 1 aromatic rings. The molecule has 0 bridgehead atoms. The molecule has 1 aliphatic carbocycles. The molecule has 10 heteroatoms. The van der Waals surface area contributed by atoms with E-state index in [4.69, 9.17) is 28.4 Å². The van der Waals surface area contributed by atoms with Gasteiger partial charge in [0.15, 0.2) is 0 Å². The van der Waals surface area contributed by atoms with E-state index >= 15 is 0 Å². The second-order valence-corrected chi connectivity index (χ2v) is 8.52. The Morgan fingerprint density at radius 2 is 1.76 bits per heavy atom. The van der Waals surface area contributed by atoms with E-state index in [-0.39, 0.29) is 24.2 Å². The number of allylic oxidation sites excluding steroid dienone is 1. The molecule has 2 fully saturated rings. The summed E-state index contributed by atoms with van der Waals surface area (Å²) >= 11 is 0. The average molecular weight is 464 g/mol. The SMILES string of the molecule is COC1C=C2OC3c4ccc(O[C@@H]5O[C@H](CO)[C@@H](O)[C@H](O)[C@H]5O)cc4OCC3C2=CC1OC. The molecule has 5 rings (SSSR count). The highest BCUT2D eigenvalue weighted by atomic mass is 16.7. The Hall–Kier alpha value is -2.18. The van der Waals surface area contributed by atoms with Crippen molar-refractivity contribution in [2.45, 2.75) is 49.0 Å². The molecular weight excluding hydrogens is 436 g/mol. The first-order valence-corrected chi connectivity index (χ1v) is 10.8. The van der Waals surface area contributed by atoms with Gasteiger partial charge in [-0.1, -0.05) is 0 Å². The monoisotopic (exact) mass is 464 g/mol. The number of hydrogen-bond acceptors (Lipinski definition) is 10. The third-order valence-electron chi connectivity index (χ3n) is 6.64. The van der Waals surface area contributed by atoms with Crippen molar-refractivity contribution < 1.29 is 48.8 Å². The van der Waals surface area contributed by atoms with E-state index in [0.717, 1.165) is 16.9 Å². The van der Waals surface area contributed by atoms with Gasteiger partial charge in [-0.2, -0.15) is 0 Å². The molecule has 0 radical (unpaired) electrons. The van der Waals surface area contributed by atoms with Crippen LogP contribution in [-0.2, 0) is 18.9 Å². The maximum Gasteiger partial charge on any atom is 0.229 e. The largest absolute Gasteiger partial charge is 0.492 e. The molecule has 4 aliphatic rings. The molecule has 180 valence electrons. The summed E-state index contributed by atoms with van der Waals surface area (Å²) in [6, 6.07) is 5.18. The first-order valence-electron chi connectivity index (χ1n) is 10.8. The van der Waals surface area contributed by atoms with Crippen LogP contribution in [0, 0.1) is 5.92 Å². The number of hydrogen-bond donors (Lipinski definition) is 4.